The molecule has 0 saturated carbocycles. The van der Waals surface area contributed by atoms with Crippen LogP contribution in [0, 0.1) is 0 Å². The second-order valence-electron chi connectivity index (χ2n) is 4.30. The summed E-state index contributed by atoms with van der Waals surface area (Å²) in [5.41, 5.74) is 0. The maximum absolute atomic E-state index is 11.0. The Bertz CT molecular complexity index is 286. The van der Waals surface area contributed by atoms with Gasteiger partial charge >= 0.3 is 11.9 Å². The smallest absolute Gasteiger partial charge is 0.330 e. The number of hydrogen-bond acceptors (Lipinski definition) is 4. The molecule has 0 aliphatic rings. The molecular formula is C16H26O4. The highest BCUT2D eigenvalue weighted by Crippen LogP contribution is 2.06. The molecule has 0 radical (unpaired) electrons. The van der Waals surface area contributed by atoms with Gasteiger partial charge in [0.25, 0.3) is 0 Å². The zero-order valence-electron chi connectivity index (χ0n) is 12.6. The fourth-order valence-electron chi connectivity index (χ4n) is 1.62. The zero-order chi connectivity index (χ0) is 15.1. The Morgan fingerprint density at radius 2 is 1.15 bits per heavy atom. The Hall–Kier alpha value is -1.58. The summed E-state index contributed by atoms with van der Waals surface area (Å²) in [5, 5.41) is 0. The second-order valence-corrected chi connectivity index (χ2v) is 4.30. The fraction of sp³-hybridized carbons (Fsp3) is 0.625. The minimum Gasteiger partial charge on any atom is -0.463 e. The van der Waals surface area contributed by atoms with Crippen LogP contribution in [0.5, 0.6) is 0 Å². The van der Waals surface area contributed by atoms with E-state index in [1.807, 2.05) is 12.2 Å². The molecule has 0 spiro atoms. The molecule has 4 nitrogen and oxygen atoms in total. The number of esters is 2. The van der Waals surface area contributed by atoms with Gasteiger partial charge in [0.15, 0.2) is 0 Å². The van der Waals surface area contributed by atoms with E-state index in [2.05, 4.69) is 0 Å². The summed E-state index contributed by atoms with van der Waals surface area (Å²) in [7, 11) is 0. The van der Waals surface area contributed by atoms with Crippen LogP contribution in [0.1, 0.15) is 52.4 Å². The van der Waals surface area contributed by atoms with Crippen molar-refractivity contribution in [2.75, 3.05) is 13.2 Å². The molecule has 0 rings (SSSR count). The van der Waals surface area contributed by atoms with Crippen LogP contribution < -0.4 is 0 Å². The Morgan fingerprint density at radius 1 is 0.750 bits per heavy atom. The number of allylic oxidation sites excluding steroid dienone is 2. The van der Waals surface area contributed by atoms with E-state index in [4.69, 9.17) is 9.47 Å². The van der Waals surface area contributed by atoms with Crippen molar-refractivity contribution in [3.63, 3.8) is 0 Å². The van der Waals surface area contributed by atoms with Gasteiger partial charge in [-0.25, -0.2) is 9.59 Å². The number of carbonyl (C=O) groups is 2. The molecule has 114 valence electrons. The van der Waals surface area contributed by atoms with Crippen LogP contribution in [0.2, 0.25) is 0 Å². The topological polar surface area (TPSA) is 52.6 Å². The number of carbonyl (C=O) groups excluding carboxylic acids is 2. The molecule has 4 heteroatoms. The predicted molar refractivity (Wildman–Crippen MR) is 79.2 cm³/mol. The Labute approximate surface area is 121 Å². The summed E-state index contributed by atoms with van der Waals surface area (Å²) in [5.74, 6) is -0.534. The third kappa shape index (κ3) is 12.9. The van der Waals surface area contributed by atoms with E-state index in [0.717, 1.165) is 38.5 Å². The highest BCUT2D eigenvalue weighted by molar-refractivity contribution is 5.82. The lowest BCUT2D eigenvalue weighted by Gasteiger charge is -1.98. The molecule has 0 aromatic carbocycles. The molecule has 0 fully saturated rings. The van der Waals surface area contributed by atoms with Crippen molar-refractivity contribution in [2.24, 2.45) is 0 Å². The second kappa shape index (κ2) is 13.8. The number of rotatable bonds is 11. The van der Waals surface area contributed by atoms with E-state index in [9.17, 15) is 9.59 Å². The largest absolute Gasteiger partial charge is 0.463 e. The number of unbranched alkanes of at least 4 members (excludes halogenated alkanes) is 5. The Balaban J connectivity index is 3.37. The first kappa shape index (κ1) is 18.4. The van der Waals surface area contributed by atoms with Crippen molar-refractivity contribution in [2.45, 2.75) is 52.4 Å². The average Bonchev–Trinajstić information content (AvgIpc) is 2.41. The number of ether oxygens (including phenoxy) is 2. The van der Waals surface area contributed by atoms with E-state index in [0.29, 0.717) is 13.2 Å². The van der Waals surface area contributed by atoms with E-state index in [-0.39, 0.29) is 11.9 Å². The van der Waals surface area contributed by atoms with Crippen molar-refractivity contribution in [3.8, 4) is 0 Å². The molecule has 0 aromatic heterocycles. The minimum absolute atomic E-state index is 0.267. The van der Waals surface area contributed by atoms with Crippen molar-refractivity contribution >= 4 is 11.9 Å². The SMILES string of the molecule is CCOC(=O)/C=C/CCCCCC/C=C/C(=O)OCC. The summed E-state index contributed by atoms with van der Waals surface area (Å²) in [6.45, 7) is 4.43. The molecular weight excluding hydrogens is 256 g/mol. The first-order chi connectivity index (χ1) is 9.70. The number of hydrogen-bond donors (Lipinski definition) is 0. The summed E-state index contributed by atoms with van der Waals surface area (Å²) in [6.07, 6.45) is 12.9. The maximum atomic E-state index is 11.0. The van der Waals surface area contributed by atoms with Crippen molar-refractivity contribution < 1.29 is 19.1 Å². The molecule has 0 atom stereocenters. The van der Waals surface area contributed by atoms with Gasteiger partial charge in [0.05, 0.1) is 13.2 Å². The lowest BCUT2D eigenvalue weighted by molar-refractivity contribution is -0.138. The van der Waals surface area contributed by atoms with Gasteiger partial charge < -0.3 is 9.47 Å². The summed E-state index contributed by atoms with van der Waals surface area (Å²) in [6, 6.07) is 0. The molecule has 0 N–H and O–H groups in total. The molecule has 20 heavy (non-hydrogen) atoms. The predicted octanol–water partition coefficient (Wildman–Crippen LogP) is 3.57. The third-order valence-electron chi connectivity index (χ3n) is 2.57. The molecule has 0 aliphatic carbocycles. The molecule has 0 bridgehead atoms. The van der Waals surface area contributed by atoms with Gasteiger partial charge in [-0.2, -0.15) is 0 Å². The van der Waals surface area contributed by atoms with Crippen LogP contribution in [0.15, 0.2) is 24.3 Å². The van der Waals surface area contributed by atoms with E-state index < -0.39 is 0 Å². The molecule has 0 unspecified atom stereocenters. The standard InChI is InChI=1S/C16H26O4/c1-3-19-15(17)13-11-9-7-5-6-8-10-12-14-16(18)20-4-2/h11-14H,3-10H2,1-2H3/b13-11+,14-12+. The van der Waals surface area contributed by atoms with Gasteiger partial charge in [-0.3, -0.25) is 0 Å². The van der Waals surface area contributed by atoms with Gasteiger partial charge in [0, 0.05) is 12.2 Å². The van der Waals surface area contributed by atoms with Gasteiger partial charge in [0.1, 0.15) is 0 Å². The van der Waals surface area contributed by atoms with Gasteiger partial charge in [-0.15, -0.1) is 0 Å². The van der Waals surface area contributed by atoms with Crippen molar-refractivity contribution in [3.05, 3.63) is 24.3 Å². The lowest BCUT2D eigenvalue weighted by atomic mass is 10.1. The van der Waals surface area contributed by atoms with Crippen molar-refractivity contribution in [1.29, 1.82) is 0 Å². The van der Waals surface area contributed by atoms with Gasteiger partial charge in [-0.05, 0) is 39.5 Å². The first-order valence-electron chi connectivity index (χ1n) is 7.37. The third-order valence-corrected chi connectivity index (χ3v) is 2.57. The quantitative estimate of drug-likeness (QED) is 0.330. The zero-order valence-corrected chi connectivity index (χ0v) is 12.6. The van der Waals surface area contributed by atoms with Crippen LogP contribution in [-0.2, 0) is 19.1 Å². The average molecular weight is 282 g/mol. The minimum atomic E-state index is -0.267. The Morgan fingerprint density at radius 3 is 1.50 bits per heavy atom. The Kier molecular flexibility index (Phi) is 12.7. The maximum Gasteiger partial charge on any atom is 0.330 e. The van der Waals surface area contributed by atoms with Crippen LogP contribution in [-0.4, -0.2) is 25.2 Å². The van der Waals surface area contributed by atoms with Crippen LogP contribution in [0.4, 0.5) is 0 Å². The summed E-state index contributed by atoms with van der Waals surface area (Å²) >= 11 is 0. The first-order valence-corrected chi connectivity index (χ1v) is 7.37. The van der Waals surface area contributed by atoms with E-state index in [1.165, 1.54) is 12.2 Å². The van der Waals surface area contributed by atoms with Crippen LogP contribution in [0.25, 0.3) is 0 Å². The van der Waals surface area contributed by atoms with Crippen LogP contribution >= 0.6 is 0 Å². The highest BCUT2D eigenvalue weighted by atomic mass is 16.5. The normalized spacial score (nSPS) is 11.1. The monoisotopic (exact) mass is 282 g/mol. The van der Waals surface area contributed by atoms with Crippen molar-refractivity contribution in [1.82, 2.24) is 0 Å². The van der Waals surface area contributed by atoms with E-state index in [1.54, 1.807) is 13.8 Å². The van der Waals surface area contributed by atoms with Crippen LogP contribution in [0.3, 0.4) is 0 Å². The molecule has 0 aromatic rings. The molecule has 0 heterocycles. The van der Waals surface area contributed by atoms with Gasteiger partial charge in [-0.1, -0.05) is 25.0 Å². The molecule has 0 amide bonds. The highest BCUT2D eigenvalue weighted by Gasteiger charge is 1.94. The summed E-state index contributed by atoms with van der Waals surface area (Å²) < 4.78 is 9.56. The molecule has 0 aliphatic heterocycles. The summed E-state index contributed by atoms with van der Waals surface area (Å²) in [4.78, 5) is 22.0. The van der Waals surface area contributed by atoms with Gasteiger partial charge in [0.2, 0.25) is 0 Å². The molecule has 0 saturated heterocycles. The lowest BCUT2D eigenvalue weighted by Crippen LogP contribution is -1.98. The van der Waals surface area contributed by atoms with E-state index >= 15 is 0 Å². The fourth-order valence-corrected chi connectivity index (χ4v) is 1.62.